The van der Waals surface area contributed by atoms with Crippen molar-refractivity contribution < 1.29 is 10.2 Å². The van der Waals surface area contributed by atoms with E-state index in [9.17, 15) is 0 Å². The van der Waals surface area contributed by atoms with Crippen LogP contribution in [-0.2, 0) is 0 Å². The molecule has 0 aliphatic heterocycles. The lowest BCUT2D eigenvalue weighted by Crippen LogP contribution is -2.35. The highest BCUT2D eigenvalue weighted by Crippen LogP contribution is 2.24. The molecule has 0 aromatic heterocycles. The molecule has 0 heterocycles. The van der Waals surface area contributed by atoms with Crippen LogP contribution < -0.4 is 5.32 Å². The summed E-state index contributed by atoms with van der Waals surface area (Å²) >= 11 is 0. The molecule has 3 heteroatoms. The predicted octanol–water partition coefficient (Wildman–Crippen LogP) is -0.271. The second kappa shape index (κ2) is 4.70. The van der Waals surface area contributed by atoms with Crippen LogP contribution in [0.4, 0.5) is 0 Å². The van der Waals surface area contributed by atoms with E-state index in [0.717, 1.165) is 12.8 Å². The van der Waals surface area contributed by atoms with Gasteiger partial charge in [0.1, 0.15) is 0 Å². The van der Waals surface area contributed by atoms with Gasteiger partial charge in [-0.15, -0.1) is 0 Å². The Morgan fingerprint density at radius 1 is 1.27 bits per heavy atom. The van der Waals surface area contributed by atoms with E-state index in [1.165, 1.54) is 6.42 Å². The minimum Gasteiger partial charge on any atom is -0.396 e. The maximum Gasteiger partial charge on any atom is 0.0556 e. The number of rotatable bonds is 4. The zero-order valence-electron chi connectivity index (χ0n) is 6.79. The van der Waals surface area contributed by atoms with Crippen molar-refractivity contribution in [3.8, 4) is 0 Å². The number of nitrogens with one attached hydrogen (secondary N) is 1. The third kappa shape index (κ3) is 2.43. The van der Waals surface area contributed by atoms with E-state index >= 15 is 0 Å². The third-order valence-corrected chi connectivity index (χ3v) is 2.41. The Labute approximate surface area is 67.4 Å². The standard InChI is InChI=1S/C8H17NO2/c10-5-4-9-8-3-1-2-7(8)6-11/h7-11H,1-6H2. The quantitative estimate of drug-likeness (QED) is 0.529. The smallest absolute Gasteiger partial charge is 0.0556 e. The molecule has 0 aromatic carbocycles. The highest BCUT2D eigenvalue weighted by Gasteiger charge is 2.25. The highest BCUT2D eigenvalue weighted by atomic mass is 16.3. The summed E-state index contributed by atoms with van der Waals surface area (Å²) in [6.07, 6.45) is 3.47. The zero-order chi connectivity index (χ0) is 8.10. The Bertz CT molecular complexity index is 108. The fourth-order valence-electron chi connectivity index (χ4n) is 1.77. The fraction of sp³-hybridized carbons (Fsp3) is 1.00. The van der Waals surface area contributed by atoms with Gasteiger partial charge in [0.15, 0.2) is 0 Å². The van der Waals surface area contributed by atoms with Crippen LogP contribution in [0.1, 0.15) is 19.3 Å². The van der Waals surface area contributed by atoms with Crippen LogP contribution >= 0.6 is 0 Å². The highest BCUT2D eigenvalue weighted by molar-refractivity contribution is 4.82. The lowest BCUT2D eigenvalue weighted by molar-refractivity contribution is 0.199. The molecule has 1 rings (SSSR count). The van der Waals surface area contributed by atoms with Crippen molar-refractivity contribution in [2.75, 3.05) is 19.8 Å². The molecule has 1 aliphatic carbocycles. The minimum atomic E-state index is 0.189. The van der Waals surface area contributed by atoms with Crippen LogP contribution in [0.2, 0.25) is 0 Å². The summed E-state index contributed by atoms with van der Waals surface area (Å²) < 4.78 is 0. The number of aliphatic hydroxyl groups is 2. The normalized spacial score (nSPS) is 31.1. The van der Waals surface area contributed by atoms with Crippen molar-refractivity contribution in [2.24, 2.45) is 5.92 Å². The second-order valence-electron chi connectivity index (χ2n) is 3.16. The Morgan fingerprint density at radius 2 is 2.09 bits per heavy atom. The number of hydrogen-bond donors (Lipinski definition) is 3. The maximum absolute atomic E-state index is 8.93. The molecule has 1 fully saturated rings. The lowest BCUT2D eigenvalue weighted by Gasteiger charge is -2.17. The van der Waals surface area contributed by atoms with Gasteiger partial charge >= 0.3 is 0 Å². The van der Waals surface area contributed by atoms with Gasteiger partial charge in [0.2, 0.25) is 0 Å². The Morgan fingerprint density at radius 3 is 2.73 bits per heavy atom. The molecule has 0 radical (unpaired) electrons. The van der Waals surface area contributed by atoms with Crippen molar-refractivity contribution in [1.29, 1.82) is 0 Å². The molecule has 3 nitrogen and oxygen atoms in total. The molecule has 0 aromatic rings. The van der Waals surface area contributed by atoms with Crippen molar-refractivity contribution in [2.45, 2.75) is 25.3 Å². The van der Waals surface area contributed by atoms with E-state index in [1.54, 1.807) is 0 Å². The van der Waals surface area contributed by atoms with E-state index in [1.807, 2.05) is 0 Å². The van der Waals surface area contributed by atoms with Crippen LogP contribution in [0, 0.1) is 5.92 Å². The molecule has 2 atom stereocenters. The summed E-state index contributed by atoms with van der Waals surface area (Å²) in [5, 5.41) is 20.7. The van der Waals surface area contributed by atoms with Gasteiger partial charge in [-0.3, -0.25) is 0 Å². The second-order valence-corrected chi connectivity index (χ2v) is 3.16. The molecule has 11 heavy (non-hydrogen) atoms. The molecular weight excluding hydrogens is 142 g/mol. The summed E-state index contributed by atoms with van der Waals surface area (Å²) in [4.78, 5) is 0. The van der Waals surface area contributed by atoms with Crippen LogP contribution in [0.5, 0.6) is 0 Å². The Hall–Kier alpha value is -0.120. The van der Waals surface area contributed by atoms with Crippen LogP contribution in [0.25, 0.3) is 0 Å². The summed E-state index contributed by atoms with van der Waals surface area (Å²) in [6.45, 7) is 1.12. The largest absolute Gasteiger partial charge is 0.396 e. The summed E-state index contributed by atoms with van der Waals surface area (Å²) in [5.41, 5.74) is 0. The molecule has 66 valence electrons. The van der Waals surface area contributed by atoms with Crippen LogP contribution in [-0.4, -0.2) is 36.0 Å². The molecule has 0 amide bonds. The van der Waals surface area contributed by atoms with Crippen molar-refractivity contribution in [3.05, 3.63) is 0 Å². The number of aliphatic hydroxyl groups excluding tert-OH is 2. The monoisotopic (exact) mass is 159 g/mol. The van der Waals surface area contributed by atoms with E-state index in [-0.39, 0.29) is 13.2 Å². The molecular formula is C8H17NO2. The number of hydrogen-bond acceptors (Lipinski definition) is 3. The van der Waals surface area contributed by atoms with E-state index in [2.05, 4.69) is 5.32 Å². The molecule has 0 spiro atoms. The molecule has 1 aliphatic rings. The van der Waals surface area contributed by atoms with Crippen LogP contribution in [0.3, 0.4) is 0 Å². The molecule has 0 saturated heterocycles. The third-order valence-electron chi connectivity index (χ3n) is 2.41. The minimum absolute atomic E-state index is 0.189. The molecule has 3 N–H and O–H groups in total. The van der Waals surface area contributed by atoms with Gasteiger partial charge in [-0.25, -0.2) is 0 Å². The average molecular weight is 159 g/mol. The van der Waals surface area contributed by atoms with Gasteiger partial charge in [-0.2, -0.15) is 0 Å². The fourth-order valence-corrected chi connectivity index (χ4v) is 1.77. The van der Waals surface area contributed by atoms with Crippen molar-refractivity contribution in [3.63, 3.8) is 0 Å². The topological polar surface area (TPSA) is 52.5 Å². The summed E-state index contributed by atoms with van der Waals surface area (Å²) in [6, 6.07) is 0.437. The Kier molecular flexibility index (Phi) is 3.83. The van der Waals surface area contributed by atoms with Gasteiger partial charge in [0.25, 0.3) is 0 Å². The van der Waals surface area contributed by atoms with E-state index in [4.69, 9.17) is 10.2 Å². The maximum atomic E-state index is 8.93. The Balaban J connectivity index is 2.20. The first kappa shape index (κ1) is 8.97. The van der Waals surface area contributed by atoms with Gasteiger partial charge in [-0.05, 0) is 18.8 Å². The van der Waals surface area contributed by atoms with E-state index in [0.29, 0.717) is 18.5 Å². The first-order valence-electron chi connectivity index (χ1n) is 4.33. The van der Waals surface area contributed by atoms with E-state index < -0.39 is 0 Å². The first-order chi connectivity index (χ1) is 5.38. The zero-order valence-corrected chi connectivity index (χ0v) is 6.79. The van der Waals surface area contributed by atoms with Gasteiger partial charge in [-0.1, -0.05) is 6.42 Å². The summed E-state index contributed by atoms with van der Waals surface area (Å²) in [7, 11) is 0. The van der Waals surface area contributed by atoms with Crippen molar-refractivity contribution >= 4 is 0 Å². The van der Waals surface area contributed by atoms with Gasteiger partial charge < -0.3 is 15.5 Å². The average Bonchev–Trinajstić information content (AvgIpc) is 2.47. The van der Waals surface area contributed by atoms with Crippen molar-refractivity contribution in [1.82, 2.24) is 5.32 Å². The lowest BCUT2D eigenvalue weighted by atomic mass is 10.1. The predicted molar refractivity (Wildman–Crippen MR) is 43.3 cm³/mol. The van der Waals surface area contributed by atoms with Gasteiger partial charge in [0.05, 0.1) is 6.61 Å². The summed E-state index contributed by atoms with van der Waals surface area (Å²) in [5.74, 6) is 0.418. The molecule has 0 bridgehead atoms. The van der Waals surface area contributed by atoms with Crippen LogP contribution in [0.15, 0.2) is 0 Å². The first-order valence-corrected chi connectivity index (χ1v) is 4.33. The molecule has 2 unspecified atom stereocenters. The van der Waals surface area contributed by atoms with Gasteiger partial charge in [0, 0.05) is 19.2 Å². The SMILES string of the molecule is OCCNC1CCCC1CO. The molecule has 1 saturated carbocycles.